The largest absolute Gasteiger partial charge is 0.351 e. The Morgan fingerprint density at radius 2 is 2.06 bits per heavy atom. The van der Waals surface area contributed by atoms with Crippen LogP contribution in [0.5, 0.6) is 0 Å². The second-order valence-corrected chi connectivity index (χ2v) is 5.72. The van der Waals surface area contributed by atoms with Crippen molar-refractivity contribution >= 4 is 5.91 Å². The average Bonchev–Trinajstić information content (AvgIpc) is 3.12. The van der Waals surface area contributed by atoms with Crippen LogP contribution in [-0.4, -0.2) is 48.6 Å². The molecule has 4 heteroatoms. The molecular weight excluding hydrogens is 214 g/mol. The standard InChI is InChI=1S/C13H23N3O/c17-13(12-3-1-2-7-14-12)15-10-6-8-16(9-10)11-4-5-11/h10-12,14H,1-9H2,(H,15,17)/t10?,12-/m1/s1. The summed E-state index contributed by atoms with van der Waals surface area (Å²) in [5.41, 5.74) is 0. The van der Waals surface area contributed by atoms with Gasteiger partial charge in [0.1, 0.15) is 0 Å². The second kappa shape index (κ2) is 4.94. The van der Waals surface area contributed by atoms with Gasteiger partial charge < -0.3 is 10.6 Å². The quantitative estimate of drug-likeness (QED) is 0.750. The molecule has 2 saturated heterocycles. The molecule has 17 heavy (non-hydrogen) atoms. The van der Waals surface area contributed by atoms with E-state index in [-0.39, 0.29) is 11.9 Å². The smallest absolute Gasteiger partial charge is 0.237 e. The summed E-state index contributed by atoms with van der Waals surface area (Å²) in [7, 11) is 0. The van der Waals surface area contributed by atoms with Crippen LogP contribution in [0.4, 0.5) is 0 Å². The molecule has 0 aromatic carbocycles. The first kappa shape index (κ1) is 11.5. The third-order valence-electron chi connectivity index (χ3n) is 4.26. The monoisotopic (exact) mass is 237 g/mol. The number of hydrogen-bond donors (Lipinski definition) is 2. The van der Waals surface area contributed by atoms with Crippen molar-refractivity contribution in [2.24, 2.45) is 0 Å². The summed E-state index contributed by atoms with van der Waals surface area (Å²) >= 11 is 0. The zero-order chi connectivity index (χ0) is 11.7. The van der Waals surface area contributed by atoms with Gasteiger partial charge in [-0.1, -0.05) is 6.42 Å². The molecule has 0 aromatic heterocycles. The minimum Gasteiger partial charge on any atom is -0.351 e. The van der Waals surface area contributed by atoms with Crippen LogP contribution >= 0.6 is 0 Å². The highest BCUT2D eigenvalue weighted by atomic mass is 16.2. The maximum absolute atomic E-state index is 12.1. The number of nitrogens with one attached hydrogen (secondary N) is 2. The van der Waals surface area contributed by atoms with Crippen LogP contribution in [0, 0.1) is 0 Å². The second-order valence-electron chi connectivity index (χ2n) is 5.72. The Balaban J connectivity index is 1.44. The van der Waals surface area contributed by atoms with Gasteiger partial charge in [0, 0.05) is 25.2 Å². The van der Waals surface area contributed by atoms with Crippen LogP contribution in [0.25, 0.3) is 0 Å². The Hall–Kier alpha value is -0.610. The first-order valence-corrected chi connectivity index (χ1v) is 7.11. The lowest BCUT2D eigenvalue weighted by Gasteiger charge is -2.24. The van der Waals surface area contributed by atoms with Crippen molar-refractivity contribution in [1.29, 1.82) is 0 Å². The van der Waals surface area contributed by atoms with E-state index in [1.165, 1.54) is 32.2 Å². The van der Waals surface area contributed by atoms with Crippen LogP contribution in [0.3, 0.4) is 0 Å². The molecule has 2 aliphatic heterocycles. The highest BCUT2D eigenvalue weighted by Gasteiger charge is 2.35. The van der Waals surface area contributed by atoms with Gasteiger partial charge in [-0.2, -0.15) is 0 Å². The molecule has 3 rings (SSSR count). The van der Waals surface area contributed by atoms with Crippen molar-refractivity contribution < 1.29 is 4.79 Å². The lowest BCUT2D eigenvalue weighted by atomic mass is 10.0. The number of likely N-dealkylation sites (tertiary alicyclic amines) is 1. The van der Waals surface area contributed by atoms with Gasteiger partial charge in [-0.25, -0.2) is 0 Å². The number of carbonyl (C=O) groups is 1. The molecule has 0 aromatic rings. The van der Waals surface area contributed by atoms with Crippen LogP contribution in [-0.2, 0) is 4.79 Å². The molecular formula is C13H23N3O. The van der Waals surface area contributed by atoms with E-state index in [1.807, 2.05) is 0 Å². The maximum atomic E-state index is 12.1. The predicted octanol–water partition coefficient (Wildman–Crippen LogP) is 0.481. The molecule has 1 amide bonds. The van der Waals surface area contributed by atoms with Crippen molar-refractivity contribution in [3.63, 3.8) is 0 Å². The summed E-state index contributed by atoms with van der Waals surface area (Å²) in [6.07, 6.45) is 7.27. The Kier molecular flexibility index (Phi) is 3.34. The van der Waals surface area contributed by atoms with E-state index in [2.05, 4.69) is 15.5 Å². The molecule has 0 bridgehead atoms. The molecule has 2 N–H and O–H groups in total. The first-order chi connectivity index (χ1) is 8.33. The Labute approximate surface area is 103 Å². The van der Waals surface area contributed by atoms with E-state index < -0.39 is 0 Å². The van der Waals surface area contributed by atoms with Crippen LogP contribution in [0.15, 0.2) is 0 Å². The third-order valence-corrected chi connectivity index (χ3v) is 4.26. The number of carbonyl (C=O) groups excluding carboxylic acids is 1. The molecule has 1 aliphatic carbocycles. The van der Waals surface area contributed by atoms with E-state index in [1.54, 1.807) is 0 Å². The van der Waals surface area contributed by atoms with Gasteiger partial charge >= 0.3 is 0 Å². The number of amides is 1. The van der Waals surface area contributed by atoms with Crippen LogP contribution in [0.2, 0.25) is 0 Å². The summed E-state index contributed by atoms with van der Waals surface area (Å²) in [6, 6.07) is 1.30. The van der Waals surface area contributed by atoms with Crippen molar-refractivity contribution in [2.75, 3.05) is 19.6 Å². The van der Waals surface area contributed by atoms with Gasteiger partial charge in [0.25, 0.3) is 0 Å². The van der Waals surface area contributed by atoms with E-state index in [4.69, 9.17) is 0 Å². The molecule has 0 radical (unpaired) electrons. The summed E-state index contributed by atoms with van der Waals surface area (Å²) < 4.78 is 0. The van der Waals surface area contributed by atoms with E-state index in [0.29, 0.717) is 6.04 Å². The van der Waals surface area contributed by atoms with Crippen LogP contribution in [0.1, 0.15) is 38.5 Å². The van der Waals surface area contributed by atoms with Gasteiger partial charge in [-0.15, -0.1) is 0 Å². The highest BCUT2D eigenvalue weighted by Crippen LogP contribution is 2.29. The average molecular weight is 237 g/mol. The van der Waals surface area contributed by atoms with E-state index in [0.717, 1.165) is 32.0 Å². The first-order valence-electron chi connectivity index (χ1n) is 7.11. The van der Waals surface area contributed by atoms with Crippen molar-refractivity contribution in [3.05, 3.63) is 0 Å². The van der Waals surface area contributed by atoms with Crippen molar-refractivity contribution in [2.45, 2.75) is 56.7 Å². The molecule has 3 fully saturated rings. The van der Waals surface area contributed by atoms with Gasteiger partial charge in [0.05, 0.1) is 6.04 Å². The number of nitrogens with zero attached hydrogens (tertiary/aromatic N) is 1. The Morgan fingerprint density at radius 3 is 2.76 bits per heavy atom. The minimum atomic E-state index is 0.0683. The predicted molar refractivity (Wildman–Crippen MR) is 66.8 cm³/mol. The minimum absolute atomic E-state index is 0.0683. The molecule has 4 nitrogen and oxygen atoms in total. The zero-order valence-corrected chi connectivity index (χ0v) is 10.5. The number of rotatable bonds is 3. The summed E-state index contributed by atoms with van der Waals surface area (Å²) in [5, 5.41) is 6.53. The normalized spacial score (nSPS) is 34.8. The Morgan fingerprint density at radius 1 is 1.18 bits per heavy atom. The summed E-state index contributed by atoms with van der Waals surface area (Å²) in [5.74, 6) is 0.229. The fourth-order valence-corrected chi connectivity index (χ4v) is 3.05. The van der Waals surface area contributed by atoms with Gasteiger partial charge in [-0.3, -0.25) is 9.69 Å². The molecule has 3 aliphatic rings. The number of piperidine rings is 1. The van der Waals surface area contributed by atoms with Gasteiger partial charge in [0.2, 0.25) is 5.91 Å². The van der Waals surface area contributed by atoms with E-state index >= 15 is 0 Å². The molecule has 0 spiro atoms. The van der Waals surface area contributed by atoms with Crippen LogP contribution < -0.4 is 10.6 Å². The van der Waals surface area contributed by atoms with Gasteiger partial charge in [-0.05, 0) is 38.6 Å². The lowest BCUT2D eigenvalue weighted by Crippen LogP contribution is -2.50. The fourth-order valence-electron chi connectivity index (χ4n) is 3.05. The lowest BCUT2D eigenvalue weighted by molar-refractivity contribution is -0.124. The molecule has 1 unspecified atom stereocenters. The zero-order valence-electron chi connectivity index (χ0n) is 10.5. The summed E-state index contributed by atoms with van der Waals surface area (Å²) in [4.78, 5) is 14.6. The molecule has 2 atom stereocenters. The fraction of sp³-hybridized carbons (Fsp3) is 0.923. The van der Waals surface area contributed by atoms with Crippen molar-refractivity contribution in [3.8, 4) is 0 Å². The SMILES string of the molecule is O=C(NC1CCN(C2CC2)C1)[C@H]1CCCCN1. The maximum Gasteiger partial charge on any atom is 0.237 e. The molecule has 1 saturated carbocycles. The molecule has 96 valence electrons. The Bertz CT molecular complexity index is 284. The highest BCUT2D eigenvalue weighted by molar-refractivity contribution is 5.82. The summed E-state index contributed by atoms with van der Waals surface area (Å²) in [6.45, 7) is 3.24. The molecule has 2 heterocycles. The topological polar surface area (TPSA) is 44.4 Å². The number of hydrogen-bond acceptors (Lipinski definition) is 3. The van der Waals surface area contributed by atoms with Crippen molar-refractivity contribution in [1.82, 2.24) is 15.5 Å². The third kappa shape index (κ3) is 2.80. The van der Waals surface area contributed by atoms with Gasteiger partial charge in [0.15, 0.2) is 0 Å². The van der Waals surface area contributed by atoms with E-state index in [9.17, 15) is 4.79 Å².